The lowest BCUT2D eigenvalue weighted by molar-refractivity contribution is 0.150. The number of aromatic nitrogens is 1. The van der Waals surface area contributed by atoms with E-state index in [0.717, 1.165) is 0 Å². The lowest BCUT2D eigenvalue weighted by atomic mass is 10.1. The van der Waals surface area contributed by atoms with Crippen molar-refractivity contribution in [3.05, 3.63) is 28.0 Å². The molecule has 0 aliphatic heterocycles. The number of rotatable bonds is 3. The molecule has 1 aromatic heterocycles. The van der Waals surface area contributed by atoms with E-state index in [-0.39, 0.29) is 34.3 Å². The van der Waals surface area contributed by atoms with Gasteiger partial charge in [0.15, 0.2) is 0 Å². The van der Waals surface area contributed by atoms with E-state index in [0.29, 0.717) is 0 Å². The minimum absolute atomic E-state index is 0.00622. The maximum absolute atomic E-state index is 12.6. The quantitative estimate of drug-likeness (QED) is 0.609. The van der Waals surface area contributed by atoms with Crippen molar-refractivity contribution in [2.75, 3.05) is 0 Å². The fourth-order valence-corrected chi connectivity index (χ4v) is 1.55. The van der Waals surface area contributed by atoms with Crippen LogP contribution in [0.15, 0.2) is 6.07 Å². The van der Waals surface area contributed by atoms with Gasteiger partial charge in [-0.3, -0.25) is 0 Å². The van der Waals surface area contributed by atoms with Gasteiger partial charge in [-0.25, -0.2) is 13.8 Å². The molecule has 0 bridgehead atoms. The Hall–Kier alpha value is -0.920. The van der Waals surface area contributed by atoms with Gasteiger partial charge in [-0.15, -0.1) is 11.6 Å². The number of alkyl halides is 3. The van der Waals surface area contributed by atoms with Crippen molar-refractivity contribution in [1.29, 1.82) is 5.26 Å². The summed E-state index contributed by atoms with van der Waals surface area (Å²) in [6.07, 6.45) is -2.87. The van der Waals surface area contributed by atoms with Crippen LogP contribution in [0.3, 0.4) is 0 Å². The third-order valence-corrected chi connectivity index (χ3v) is 2.38. The zero-order chi connectivity index (χ0) is 11.4. The Kier molecular flexibility index (Phi) is 4.25. The summed E-state index contributed by atoms with van der Waals surface area (Å²) in [5.41, 5.74) is 0.0777. The molecule has 0 radical (unpaired) electrons. The van der Waals surface area contributed by atoms with Gasteiger partial charge < -0.3 is 0 Å². The fourth-order valence-electron chi connectivity index (χ4n) is 1.13. The number of nitriles is 1. The Morgan fingerprint density at radius 1 is 1.53 bits per heavy atom. The predicted molar refractivity (Wildman–Crippen MR) is 53.1 cm³/mol. The minimum atomic E-state index is -2.68. The second-order valence-electron chi connectivity index (χ2n) is 2.74. The first-order valence-electron chi connectivity index (χ1n) is 3.99. The minimum Gasteiger partial charge on any atom is -0.240 e. The lowest BCUT2D eigenvalue weighted by Crippen LogP contribution is -2.00. The smallest absolute Gasteiger partial charge is 0.240 e. The first-order valence-corrected chi connectivity index (χ1v) is 4.90. The van der Waals surface area contributed by atoms with Crippen molar-refractivity contribution in [3.8, 4) is 6.07 Å². The fraction of sp³-hybridized carbons (Fsp3) is 0.333. The molecule has 1 heterocycles. The summed E-state index contributed by atoms with van der Waals surface area (Å²) in [4.78, 5) is 3.80. The van der Waals surface area contributed by atoms with Gasteiger partial charge in [0.25, 0.3) is 6.43 Å². The van der Waals surface area contributed by atoms with Crippen molar-refractivity contribution in [1.82, 2.24) is 4.98 Å². The maximum Gasteiger partial charge on any atom is 0.264 e. The van der Waals surface area contributed by atoms with Crippen LogP contribution in [-0.4, -0.2) is 4.98 Å². The summed E-state index contributed by atoms with van der Waals surface area (Å²) in [5, 5.41) is 8.39. The summed E-state index contributed by atoms with van der Waals surface area (Å²) in [6, 6.07) is 2.94. The molecule has 0 aliphatic carbocycles. The summed E-state index contributed by atoms with van der Waals surface area (Å²) < 4.78 is 25.2. The standard InChI is InChI=1S/C9H6Cl2F2N2/c10-4-5-3-7(9(12)13)6(1-2-14)8(11)15-5/h3,9H,1,4H2. The van der Waals surface area contributed by atoms with Crippen molar-refractivity contribution < 1.29 is 8.78 Å². The Bertz CT molecular complexity index is 402. The van der Waals surface area contributed by atoms with Crippen LogP contribution in [0.1, 0.15) is 23.2 Å². The van der Waals surface area contributed by atoms with Gasteiger partial charge in [-0.1, -0.05) is 11.6 Å². The first kappa shape index (κ1) is 12.2. The first-order chi connectivity index (χ1) is 7.10. The SMILES string of the molecule is N#CCc1c(C(F)F)cc(CCl)nc1Cl. The molecule has 80 valence electrons. The Labute approximate surface area is 95.4 Å². The van der Waals surface area contributed by atoms with Crippen molar-refractivity contribution in [2.45, 2.75) is 18.7 Å². The van der Waals surface area contributed by atoms with Gasteiger partial charge >= 0.3 is 0 Å². The van der Waals surface area contributed by atoms with Crippen LogP contribution in [-0.2, 0) is 12.3 Å². The monoisotopic (exact) mass is 250 g/mol. The molecule has 6 heteroatoms. The highest BCUT2D eigenvalue weighted by Crippen LogP contribution is 2.28. The van der Waals surface area contributed by atoms with Crippen molar-refractivity contribution >= 4 is 23.2 Å². The van der Waals surface area contributed by atoms with E-state index in [1.807, 2.05) is 0 Å². The molecule has 2 nitrogen and oxygen atoms in total. The van der Waals surface area contributed by atoms with Crippen LogP contribution < -0.4 is 0 Å². The molecule has 0 aliphatic rings. The number of pyridine rings is 1. The van der Waals surface area contributed by atoms with Crippen LogP contribution in [0.5, 0.6) is 0 Å². The average Bonchev–Trinajstić information content (AvgIpc) is 2.20. The molecule has 0 atom stereocenters. The lowest BCUT2D eigenvalue weighted by Gasteiger charge is -2.09. The zero-order valence-corrected chi connectivity index (χ0v) is 8.99. The maximum atomic E-state index is 12.6. The van der Waals surface area contributed by atoms with Gasteiger partial charge in [-0.2, -0.15) is 5.26 Å². The molecule has 15 heavy (non-hydrogen) atoms. The topological polar surface area (TPSA) is 36.7 Å². The predicted octanol–water partition coefficient (Wildman–Crippen LogP) is 3.48. The molecular weight excluding hydrogens is 245 g/mol. The van der Waals surface area contributed by atoms with Crippen LogP contribution >= 0.6 is 23.2 Å². The van der Waals surface area contributed by atoms with Crippen LogP contribution in [0.25, 0.3) is 0 Å². The number of hydrogen-bond acceptors (Lipinski definition) is 2. The van der Waals surface area contributed by atoms with E-state index in [1.54, 1.807) is 6.07 Å². The zero-order valence-electron chi connectivity index (χ0n) is 7.48. The molecule has 0 saturated carbocycles. The molecule has 0 aromatic carbocycles. The van der Waals surface area contributed by atoms with Crippen LogP contribution in [0.2, 0.25) is 5.15 Å². The number of halogens is 4. The highest BCUT2D eigenvalue weighted by atomic mass is 35.5. The van der Waals surface area contributed by atoms with Gasteiger partial charge in [0, 0.05) is 11.1 Å². The molecule has 0 fully saturated rings. The molecule has 0 N–H and O–H groups in total. The van der Waals surface area contributed by atoms with Gasteiger partial charge in [0.05, 0.1) is 24.1 Å². The van der Waals surface area contributed by atoms with Crippen LogP contribution in [0.4, 0.5) is 8.78 Å². The van der Waals surface area contributed by atoms with E-state index < -0.39 is 6.43 Å². The Balaban J connectivity index is 3.30. The largest absolute Gasteiger partial charge is 0.264 e. The molecular formula is C9H6Cl2F2N2. The van der Waals surface area contributed by atoms with E-state index >= 15 is 0 Å². The van der Waals surface area contributed by atoms with Crippen LogP contribution in [0, 0.1) is 11.3 Å². The van der Waals surface area contributed by atoms with Gasteiger partial charge in [0.2, 0.25) is 0 Å². The second-order valence-corrected chi connectivity index (χ2v) is 3.37. The van der Waals surface area contributed by atoms with Gasteiger partial charge in [-0.05, 0) is 6.07 Å². The third kappa shape index (κ3) is 2.77. The number of nitrogens with zero attached hydrogens (tertiary/aromatic N) is 2. The van der Waals surface area contributed by atoms with Crippen molar-refractivity contribution in [2.24, 2.45) is 0 Å². The molecule has 0 saturated heterocycles. The molecule has 0 unspecified atom stereocenters. The third-order valence-electron chi connectivity index (χ3n) is 1.79. The highest BCUT2D eigenvalue weighted by molar-refractivity contribution is 6.30. The second kappa shape index (κ2) is 5.24. The summed E-state index contributed by atoms with van der Waals surface area (Å²) >= 11 is 11.2. The average molecular weight is 251 g/mol. The molecule has 0 spiro atoms. The molecule has 1 aromatic rings. The van der Waals surface area contributed by atoms with E-state index in [2.05, 4.69) is 4.98 Å². The summed E-state index contributed by atoms with van der Waals surface area (Å²) in [6.45, 7) is 0. The number of hydrogen-bond donors (Lipinski definition) is 0. The normalized spacial score (nSPS) is 10.4. The van der Waals surface area contributed by atoms with Gasteiger partial charge in [0.1, 0.15) is 5.15 Å². The molecule has 0 amide bonds. The summed E-state index contributed by atoms with van der Waals surface area (Å²) in [7, 11) is 0. The van der Waals surface area contributed by atoms with E-state index in [9.17, 15) is 8.78 Å². The Morgan fingerprint density at radius 2 is 2.20 bits per heavy atom. The Morgan fingerprint density at radius 3 is 2.67 bits per heavy atom. The van der Waals surface area contributed by atoms with E-state index in [4.69, 9.17) is 28.5 Å². The van der Waals surface area contributed by atoms with E-state index in [1.165, 1.54) is 6.07 Å². The molecule has 1 rings (SSSR count). The van der Waals surface area contributed by atoms with Crippen molar-refractivity contribution in [3.63, 3.8) is 0 Å². The summed E-state index contributed by atoms with van der Waals surface area (Å²) in [5.74, 6) is 0.00622. The highest BCUT2D eigenvalue weighted by Gasteiger charge is 2.17.